The van der Waals surface area contributed by atoms with Crippen LogP contribution < -0.4 is 4.90 Å². The molecule has 1 aliphatic carbocycles. The minimum absolute atomic E-state index is 0.392. The topological polar surface area (TPSA) is 53.4 Å². The molecule has 104 valence electrons. The van der Waals surface area contributed by atoms with Crippen molar-refractivity contribution >= 4 is 34.2 Å². The molecule has 0 radical (unpaired) electrons. The van der Waals surface area contributed by atoms with Crippen LogP contribution in [-0.2, 0) is 0 Å². The average molecular weight is 298 g/mol. The number of thiazole rings is 1. The highest BCUT2D eigenvalue weighted by Crippen LogP contribution is 2.45. The van der Waals surface area contributed by atoms with Gasteiger partial charge in [0, 0.05) is 29.5 Å². The fraction of sp³-hybridized carbons (Fsp3) is 0.692. The molecule has 1 aliphatic heterocycles. The van der Waals surface area contributed by atoms with Crippen LogP contribution in [-0.4, -0.2) is 39.6 Å². The number of nitrogens with zero attached hydrogens (tertiary/aromatic N) is 2. The summed E-state index contributed by atoms with van der Waals surface area (Å²) in [5.74, 6) is 0.660. The van der Waals surface area contributed by atoms with E-state index >= 15 is 0 Å². The number of hydrogen-bond donors (Lipinski definition) is 1. The maximum absolute atomic E-state index is 11.3. The Bertz CT molecular complexity index is 499. The summed E-state index contributed by atoms with van der Waals surface area (Å²) in [6.07, 6.45) is 2.18. The molecule has 2 unspecified atom stereocenters. The van der Waals surface area contributed by atoms with Crippen LogP contribution in [0.2, 0.25) is 0 Å². The minimum atomic E-state index is -0.822. The van der Waals surface area contributed by atoms with Crippen LogP contribution in [0.25, 0.3) is 0 Å². The zero-order valence-corrected chi connectivity index (χ0v) is 12.8. The van der Waals surface area contributed by atoms with Gasteiger partial charge in [0.15, 0.2) is 5.13 Å². The molecule has 2 aliphatic rings. The molecule has 0 amide bonds. The number of aromatic carboxylic acids is 1. The van der Waals surface area contributed by atoms with E-state index in [1.165, 1.54) is 11.3 Å². The lowest BCUT2D eigenvalue weighted by molar-refractivity contribution is 0.0700. The summed E-state index contributed by atoms with van der Waals surface area (Å²) in [5, 5.41) is 10.8. The first-order valence-electron chi connectivity index (χ1n) is 6.70. The van der Waals surface area contributed by atoms with E-state index in [1.807, 2.05) is 11.8 Å². The molecule has 1 saturated carbocycles. The first-order valence-corrected chi connectivity index (χ1v) is 8.56. The van der Waals surface area contributed by atoms with Crippen molar-refractivity contribution in [3.63, 3.8) is 0 Å². The van der Waals surface area contributed by atoms with Crippen molar-refractivity contribution in [1.29, 1.82) is 0 Å². The summed E-state index contributed by atoms with van der Waals surface area (Å²) < 4.78 is 0. The molecule has 19 heavy (non-hydrogen) atoms. The van der Waals surface area contributed by atoms with Crippen molar-refractivity contribution in [2.75, 3.05) is 17.2 Å². The fourth-order valence-electron chi connectivity index (χ4n) is 2.43. The predicted molar refractivity (Wildman–Crippen MR) is 79.8 cm³/mol. The summed E-state index contributed by atoms with van der Waals surface area (Å²) >= 11 is 3.33. The second kappa shape index (κ2) is 4.98. The van der Waals surface area contributed by atoms with Crippen LogP contribution >= 0.6 is 23.1 Å². The lowest BCUT2D eigenvalue weighted by Crippen LogP contribution is -2.44. The summed E-state index contributed by atoms with van der Waals surface area (Å²) in [7, 11) is 0. The first-order chi connectivity index (χ1) is 9.08. The monoisotopic (exact) mass is 298 g/mol. The van der Waals surface area contributed by atoms with Gasteiger partial charge >= 0.3 is 5.97 Å². The van der Waals surface area contributed by atoms with Crippen LogP contribution in [0.3, 0.4) is 0 Å². The molecule has 0 spiro atoms. The summed E-state index contributed by atoms with van der Waals surface area (Å²) in [4.78, 5) is 18.7. The number of aromatic nitrogens is 1. The molecule has 1 saturated heterocycles. The fourth-order valence-corrected chi connectivity index (χ4v) is 4.64. The van der Waals surface area contributed by atoms with Crippen molar-refractivity contribution in [3.05, 3.63) is 10.6 Å². The molecule has 6 heteroatoms. The smallest absolute Gasteiger partial charge is 0.347 e. The number of carboxylic acid groups (broad SMARTS) is 1. The van der Waals surface area contributed by atoms with Gasteiger partial charge < -0.3 is 10.0 Å². The Balaban J connectivity index is 1.92. The Labute approximate surface area is 121 Å². The molecule has 0 aromatic carbocycles. The van der Waals surface area contributed by atoms with Crippen LogP contribution in [0.1, 0.15) is 48.0 Å². The van der Waals surface area contributed by atoms with Crippen molar-refractivity contribution in [3.8, 4) is 0 Å². The maximum Gasteiger partial charge on any atom is 0.347 e. The highest BCUT2D eigenvalue weighted by Gasteiger charge is 2.35. The minimum Gasteiger partial charge on any atom is -0.477 e. The number of hydrogen-bond acceptors (Lipinski definition) is 5. The van der Waals surface area contributed by atoms with Gasteiger partial charge in [0.25, 0.3) is 0 Å². The zero-order valence-electron chi connectivity index (χ0n) is 11.1. The predicted octanol–water partition coefficient (Wildman–Crippen LogP) is 3.05. The molecule has 0 bridgehead atoms. The van der Waals surface area contributed by atoms with Gasteiger partial charge in [-0.3, -0.25) is 0 Å². The second-order valence-electron chi connectivity index (χ2n) is 5.30. The number of anilines is 1. The Morgan fingerprint density at radius 1 is 1.42 bits per heavy atom. The van der Waals surface area contributed by atoms with E-state index < -0.39 is 5.97 Å². The third-order valence-electron chi connectivity index (χ3n) is 3.93. The van der Waals surface area contributed by atoms with Crippen molar-refractivity contribution in [2.24, 2.45) is 0 Å². The van der Waals surface area contributed by atoms with Crippen LogP contribution in [0, 0.1) is 0 Å². The summed E-state index contributed by atoms with van der Waals surface area (Å²) in [6.45, 7) is 5.40. The average Bonchev–Trinajstić information content (AvgIpc) is 3.12. The molecular formula is C13H18N2O2S2. The number of carbonyl (C=O) groups is 1. The normalized spacial score (nSPS) is 27.6. The largest absolute Gasteiger partial charge is 0.477 e. The van der Waals surface area contributed by atoms with E-state index in [2.05, 4.69) is 23.7 Å². The van der Waals surface area contributed by atoms with E-state index in [0.717, 1.165) is 36.0 Å². The van der Waals surface area contributed by atoms with Crippen molar-refractivity contribution < 1.29 is 9.90 Å². The number of thioether (sulfide) groups is 1. The molecule has 4 nitrogen and oxygen atoms in total. The van der Waals surface area contributed by atoms with E-state index in [9.17, 15) is 9.90 Å². The molecule has 3 rings (SSSR count). The van der Waals surface area contributed by atoms with Gasteiger partial charge in [-0.25, -0.2) is 9.78 Å². The Kier molecular flexibility index (Phi) is 3.47. The highest BCUT2D eigenvalue weighted by atomic mass is 32.2. The van der Waals surface area contributed by atoms with Crippen molar-refractivity contribution in [1.82, 2.24) is 4.98 Å². The lowest BCUT2D eigenvalue weighted by Gasteiger charge is -2.37. The zero-order chi connectivity index (χ0) is 13.6. The molecular weight excluding hydrogens is 280 g/mol. The third-order valence-corrected chi connectivity index (χ3v) is 6.36. The maximum atomic E-state index is 11.3. The van der Waals surface area contributed by atoms with Gasteiger partial charge in [0.1, 0.15) is 4.88 Å². The SMILES string of the molecule is CC1SCCN(c2nc(C3CC3)c(C(=O)O)s2)C1C. The van der Waals surface area contributed by atoms with Gasteiger partial charge in [-0.2, -0.15) is 11.8 Å². The lowest BCUT2D eigenvalue weighted by atomic mass is 10.2. The second-order valence-corrected chi connectivity index (χ2v) is 7.76. The van der Waals surface area contributed by atoms with Crippen LogP contribution in [0.5, 0.6) is 0 Å². The molecule has 2 atom stereocenters. The summed E-state index contributed by atoms with van der Waals surface area (Å²) in [6, 6.07) is 0.415. The van der Waals surface area contributed by atoms with Gasteiger partial charge in [0.05, 0.1) is 5.69 Å². The van der Waals surface area contributed by atoms with Crippen LogP contribution in [0.4, 0.5) is 5.13 Å². The molecule has 1 aromatic rings. The quantitative estimate of drug-likeness (QED) is 0.929. The standard InChI is InChI=1S/C13H18N2O2S2/c1-7-8(2)18-6-5-15(7)13-14-10(9-3-4-9)11(19-13)12(16)17/h7-9H,3-6H2,1-2H3,(H,16,17). The molecule has 2 fully saturated rings. The molecule has 1 aromatic heterocycles. The number of rotatable bonds is 3. The molecule has 1 N–H and O–H groups in total. The van der Waals surface area contributed by atoms with Crippen LogP contribution in [0.15, 0.2) is 0 Å². The first kappa shape index (κ1) is 13.2. The van der Waals surface area contributed by atoms with Gasteiger partial charge in [-0.05, 0) is 19.8 Å². The van der Waals surface area contributed by atoms with Gasteiger partial charge in [-0.1, -0.05) is 18.3 Å². The third kappa shape index (κ3) is 2.48. The van der Waals surface area contributed by atoms with Gasteiger partial charge in [-0.15, -0.1) is 0 Å². The number of carboxylic acids is 1. The highest BCUT2D eigenvalue weighted by molar-refractivity contribution is 8.00. The van der Waals surface area contributed by atoms with Gasteiger partial charge in [0.2, 0.25) is 0 Å². The summed E-state index contributed by atoms with van der Waals surface area (Å²) in [5.41, 5.74) is 0.825. The Morgan fingerprint density at radius 2 is 2.16 bits per heavy atom. The molecule has 2 heterocycles. The van der Waals surface area contributed by atoms with E-state index in [0.29, 0.717) is 22.1 Å². The Morgan fingerprint density at radius 3 is 2.79 bits per heavy atom. The van der Waals surface area contributed by atoms with E-state index in [-0.39, 0.29) is 0 Å². The Hall–Kier alpha value is -0.750. The van der Waals surface area contributed by atoms with E-state index in [4.69, 9.17) is 0 Å². The van der Waals surface area contributed by atoms with E-state index in [1.54, 1.807) is 0 Å². The van der Waals surface area contributed by atoms with Crippen molar-refractivity contribution in [2.45, 2.75) is 43.9 Å².